The van der Waals surface area contributed by atoms with E-state index in [4.69, 9.17) is 14.5 Å². The Morgan fingerprint density at radius 2 is 1.82 bits per heavy atom. The summed E-state index contributed by atoms with van der Waals surface area (Å²) in [7, 11) is 0. The van der Waals surface area contributed by atoms with E-state index in [1.54, 1.807) is 25.3 Å². The number of para-hydroxylation sites is 1. The molecule has 2 aromatic heterocycles. The van der Waals surface area contributed by atoms with Gasteiger partial charge in [0.05, 0.1) is 46.2 Å². The van der Waals surface area contributed by atoms with Gasteiger partial charge in [-0.2, -0.15) is 5.26 Å². The number of hydrogen-bond acceptors (Lipinski definition) is 7. The number of nitrogens with zero attached hydrogens (tertiary/aromatic N) is 4. The van der Waals surface area contributed by atoms with Gasteiger partial charge in [-0.3, -0.25) is 9.36 Å². The van der Waals surface area contributed by atoms with Gasteiger partial charge < -0.3 is 14.0 Å². The van der Waals surface area contributed by atoms with Gasteiger partial charge in [0.1, 0.15) is 5.75 Å². The number of allylic oxidation sites excluding steroid dienone is 1. The van der Waals surface area contributed by atoms with Crippen molar-refractivity contribution in [2.45, 2.75) is 46.4 Å². The highest BCUT2D eigenvalue weighted by atomic mass is 32.1. The molecule has 1 aliphatic heterocycles. The maximum atomic E-state index is 14.2. The molecule has 0 amide bonds. The molecule has 9 heteroatoms. The molecule has 0 aliphatic carbocycles. The number of carbonyl (C=O) groups excluding carboxylic acids is 1. The summed E-state index contributed by atoms with van der Waals surface area (Å²) in [5, 5.41) is 10.6. The van der Waals surface area contributed by atoms with Gasteiger partial charge >= 0.3 is 5.97 Å². The summed E-state index contributed by atoms with van der Waals surface area (Å²) in [6.45, 7) is 8.33. The number of fused-ring (bicyclic) bond motifs is 2. The summed E-state index contributed by atoms with van der Waals surface area (Å²) >= 11 is 1.29. The van der Waals surface area contributed by atoms with Gasteiger partial charge in [-0.05, 0) is 69.2 Å². The minimum atomic E-state index is -0.714. The van der Waals surface area contributed by atoms with Crippen molar-refractivity contribution >= 4 is 34.3 Å². The van der Waals surface area contributed by atoms with Crippen LogP contribution < -0.4 is 19.6 Å². The van der Waals surface area contributed by atoms with E-state index in [9.17, 15) is 14.9 Å². The Labute approximate surface area is 264 Å². The fraction of sp³-hybridized carbons (Fsp3) is 0.222. The third kappa shape index (κ3) is 5.73. The van der Waals surface area contributed by atoms with Crippen molar-refractivity contribution in [2.24, 2.45) is 4.99 Å². The van der Waals surface area contributed by atoms with Crippen molar-refractivity contribution in [3.8, 4) is 11.8 Å². The van der Waals surface area contributed by atoms with E-state index in [-0.39, 0.29) is 11.7 Å². The van der Waals surface area contributed by atoms with E-state index in [1.165, 1.54) is 11.3 Å². The first-order valence-corrected chi connectivity index (χ1v) is 15.6. The van der Waals surface area contributed by atoms with Crippen LogP contribution in [-0.2, 0) is 16.1 Å². The number of ether oxygens (including phenoxy) is 2. The van der Waals surface area contributed by atoms with E-state index < -0.39 is 12.0 Å². The third-order valence-corrected chi connectivity index (χ3v) is 8.66. The van der Waals surface area contributed by atoms with Crippen LogP contribution in [0.2, 0.25) is 0 Å². The predicted molar refractivity (Wildman–Crippen MR) is 175 cm³/mol. The smallest absolute Gasteiger partial charge is 0.338 e. The topological polar surface area (TPSA) is 98.6 Å². The molecule has 0 unspecified atom stereocenters. The van der Waals surface area contributed by atoms with E-state index in [1.807, 2.05) is 92.0 Å². The first-order chi connectivity index (χ1) is 21.8. The summed E-state index contributed by atoms with van der Waals surface area (Å²) in [6.07, 6.45) is 3.57. The molecule has 226 valence electrons. The Hall–Kier alpha value is -5.20. The highest BCUT2D eigenvalue weighted by Crippen LogP contribution is 2.32. The van der Waals surface area contributed by atoms with Gasteiger partial charge in [0.25, 0.3) is 5.56 Å². The Bertz CT molecular complexity index is 2180. The lowest BCUT2D eigenvalue weighted by atomic mass is 9.96. The van der Waals surface area contributed by atoms with Gasteiger partial charge in [-0.15, -0.1) is 0 Å². The molecule has 0 bridgehead atoms. The number of esters is 1. The van der Waals surface area contributed by atoms with Crippen LogP contribution in [-0.4, -0.2) is 27.8 Å². The Kier molecular flexibility index (Phi) is 8.24. The first kappa shape index (κ1) is 29.9. The largest absolute Gasteiger partial charge is 0.494 e. The van der Waals surface area contributed by atoms with Crippen molar-refractivity contribution < 1.29 is 14.3 Å². The van der Waals surface area contributed by atoms with E-state index in [2.05, 4.69) is 10.6 Å². The number of nitriles is 1. The van der Waals surface area contributed by atoms with Crippen LogP contribution in [0.1, 0.15) is 56.0 Å². The van der Waals surface area contributed by atoms with Gasteiger partial charge in [0.15, 0.2) is 4.80 Å². The lowest BCUT2D eigenvalue weighted by Gasteiger charge is -2.25. The summed E-state index contributed by atoms with van der Waals surface area (Å²) < 4.78 is 15.5. The van der Waals surface area contributed by atoms with Crippen molar-refractivity contribution in [2.75, 3.05) is 6.61 Å². The van der Waals surface area contributed by atoms with Crippen LogP contribution in [0.3, 0.4) is 0 Å². The van der Waals surface area contributed by atoms with Crippen LogP contribution in [0.5, 0.6) is 5.75 Å². The van der Waals surface area contributed by atoms with E-state index >= 15 is 0 Å². The second kappa shape index (κ2) is 12.4. The van der Waals surface area contributed by atoms with Gasteiger partial charge in [0.2, 0.25) is 0 Å². The minimum absolute atomic E-state index is 0.244. The monoisotopic (exact) mass is 616 g/mol. The molecule has 0 spiro atoms. The molecule has 6 rings (SSSR count). The number of carbonyl (C=O) groups is 1. The van der Waals surface area contributed by atoms with Gasteiger partial charge in [0, 0.05) is 29.2 Å². The zero-order valence-corrected chi connectivity index (χ0v) is 26.3. The molecule has 3 aromatic carbocycles. The average molecular weight is 617 g/mol. The van der Waals surface area contributed by atoms with Crippen LogP contribution in [0.15, 0.2) is 100 Å². The normalized spacial score (nSPS) is 14.8. The fourth-order valence-corrected chi connectivity index (χ4v) is 6.74. The molecule has 1 aliphatic rings. The zero-order valence-electron chi connectivity index (χ0n) is 25.5. The van der Waals surface area contributed by atoms with Crippen molar-refractivity contribution in [1.29, 1.82) is 5.26 Å². The zero-order chi connectivity index (χ0) is 31.7. The lowest BCUT2D eigenvalue weighted by molar-refractivity contribution is -0.143. The quantitative estimate of drug-likeness (QED) is 0.216. The second-order valence-electron chi connectivity index (χ2n) is 11.0. The Morgan fingerprint density at radius 1 is 1.09 bits per heavy atom. The first-order valence-electron chi connectivity index (χ1n) is 14.8. The molecular formula is C36H32N4O4S. The molecule has 3 heterocycles. The van der Waals surface area contributed by atoms with Crippen LogP contribution >= 0.6 is 11.3 Å². The highest BCUT2D eigenvalue weighted by Gasteiger charge is 2.34. The Balaban J connectivity index is 1.50. The third-order valence-electron chi connectivity index (χ3n) is 7.68. The predicted octanol–water partition coefficient (Wildman–Crippen LogP) is 5.46. The number of aromatic nitrogens is 2. The molecule has 0 fully saturated rings. The van der Waals surface area contributed by atoms with Crippen LogP contribution in [0, 0.1) is 11.3 Å². The minimum Gasteiger partial charge on any atom is -0.494 e. The van der Waals surface area contributed by atoms with Gasteiger partial charge in [-0.25, -0.2) is 9.79 Å². The maximum absolute atomic E-state index is 14.2. The van der Waals surface area contributed by atoms with E-state index in [0.29, 0.717) is 45.1 Å². The SMILES string of the molecule is CCOc1ccc([C@@H]2C(C(=O)OC(C)C)=C(C)N=c3s/c(=C/c4cn(Cc5ccccc5C#N)c5ccccc45)c(=O)n32)cc1. The number of rotatable bonds is 8. The molecule has 1 atom stereocenters. The van der Waals surface area contributed by atoms with Crippen LogP contribution in [0.25, 0.3) is 17.0 Å². The van der Waals surface area contributed by atoms with Gasteiger partial charge in [-0.1, -0.05) is 59.9 Å². The van der Waals surface area contributed by atoms with Crippen molar-refractivity contribution in [3.63, 3.8) is 0 Å². The molecule has 5 aromatic rings. The highest BCUT2D eigenvalue weighted by molar-refractivity contribution is 7.07. The molecule has 45 heavy (non-hydrogen) atoms. The average Bonchev–Trinajstić information content (AvgIpc) is 3.53. The Morgan fingerprint density at radius 3 is 2.56 bits per heavy atom. The summed E-state index contributed by atoms with van der Waals surface area (Å²) in [4.78, 5) is 32.9. The van der Waals surface area contributed by atoms with Crippen LogP contribution in [0.4, 0.5) is 0 Å². The fourth-order valence-electron chi connectivity index (χ4n) is 5.70. The van der Waals surface area contributed by atoms with Crippen molar-refractivity contribution in [3.05, 3.63) is 132 Å². The number of thiazole rings is 1. The second-order valence-corrected chi connectivity index (χ2v) is 12.0. The molecule has 0 N–H and O–H groups in total. The maximum Gasteiger partial charge on any atom is 0.338 e. The summed E-state index contributed by atoms with van der Waals surface area (Å²) in [5.74, 6) is 0.203. The molecule has 0 saturated carbocycles. The lowest BCUT2D eigenvalue weighted by Crippen LogP contribution is -2.40. The van der Waals surface area contributed by atoms with E-state index in [0.717, 1.165) is 27.6 Å². The number of benzene rings is 3. The summed E-state index contributed by atoms with van der Waals surface area (Å²) in [5.41, 5.74) is 4.76. The summed E-state index contributed by atoms with van der Waals surface area (Å²) in [6, 6.07) is 24.6. The molecule has 8 nitrogen and oxygen atoms in total. The molecular weight excluding hydrogens is 584 g/mol. The van der Waals surface area contributed by atoms with Crippen molar-refractivity contribution in [1.82, 2.24) is 9.13 Å². The molecule has 0 saturated heterocycles. The number of hydrogen-bond donors (Lipinski definition) is 0. The molecule has 0 radical (unpaired) electrons. The standard InChI is InChI=1S/C36H32N4O4S/c1-5-43-28-16-14-24(15-17-28)33-32(35(42)44-22(2)3)23(4)38-36-40(33)34(41)31(45-36)18-27-21-39(30-13-9-8-12-29(27)30)20-26-11-7-6-10-25(26)19-37/h6-18,21-22,33H,5,20H2,1-4H3/b31-18+/t33-/m1/s1.